The van der Waals surface area contributed by atoms with Crippen molar-refractivity contribution in [2.75, 3.05) is 5.32 Å². The average Bonchev–Trinajstić information content (AvgIpc) is 2.69. The Labute approximate surface area is 158 Å². The van der Waals surface area contributed by atoms with Gasteiger partial charge in [0, 0.05) is 30.8 Å². The van der Waals surface area contributed by atoms with Gasteiger partial charge in [0.05, 0.1) is 11.7 Å². The maximum absolute atomic E-state index is 12.2. The topological polar surface area (TPSA) is 76.1 Å². The first-order valence-electron chi connectivity index (χ1n) is 8.77. The van der Waals surface area contributed by atoms with Crippen LogP contribution < -0.4 is 15.4 Å². The minimum absolute atomic E-state index is 0.141. The van der Waals surface area contributed by atoms with Crippen molar-refractivity contribution in [3.05, 3.63) is 78.2 Å². The zero-order chi connectivity index (χ0) is 19.1. The van der Waals surface area contributed by atoms with Crippen LogP contribution in [0.2, 0.25) is 0 Å². The largest absolute Gasteiger partial charge is 0.491 e. The monoisotopic (exact) mass is 362 g/mol. The number of nitrogens with zero attached hydrogens (tertiary/aromatic N) is 2. The molecule has 0 aliphatic heterocycles. The molecule has 0 spiro atoms. The highest BCUT2D eigenvalue weighted by Crippen LogP contribution is 2.20. The Balaban J connectivity index is 1.55. The van der Waals surface area contributed by atoms with E-state index in [4.69, 9.17) is 4.74 Å². The van der Waals surface area contributed by atoms with Crippen LogP contribution in [0.4, 0.5) is 11.5 Å². The minimum atomic E-state index is -0.166. The van der Waals surface area contributed by atoms with Crippen molar-refractivity contribution in [1.82, 2.24) is 15.3 Å². The summed E-state index contributed by atoms with van der Waals surface area (Å²) in [6, 6.07) is 14.9. The molecule has 0 unspecified atom stereocenters. The maximum atomic E-state index is 12.2. The number of ether oxygens (including phenoxy) is 1. The molecule has 2 aromatic heterocycles. The van der Waals surface area contributed by atoms with Gasteiger partial charge >= 0.3 is 0 Å². The van der Waals surface area contributed by atoms with Crippen molar-refractivity contribution in [2.24, 2.45) is 0 Å². The number of aromatic nitrogens is 2. The lowest BCUT2D eigenvalue weighted by molar-refractivity contribution is 0.0950. The van der Waals surface area contributed by atoms with E-state index in [1.54, 1.807) is 30.7 Å². The number of carbonyl (C=O) groups excluding carboxylic acids is 1. The van der Waals surface area contributed by atoms with E-state index in [0.29, 0.717) is 17.9 Å². The number of rotatable bonds is 7. The highest BCUT2D eigenvalue weighted by Gasteiger charge is 2.06. The number of amides is 1. The summed E-state index contributed by atoms with van der Waals surface area (Å²) in [6.45, 7) is 4.43. The third kappa shape index (κ3) is 5.54. The fourth-order valence-corrected chi connectivity index (χ4v) is 2.42. The molecule has 3 rings (SSSR count). The van der Waals surface area contributed by atoms with Crippen molar-refractivity contribution >= 4 is 17.4 Å². The van der Waals surface area contributed by atoms with Crippen molar-refractivity contribution in [3.8, 4) is 5.75 Å². The highest BCUT2D eigenvalue weighted by molar-refractivity contribution is 5.94. The van der Waals surface area contributed by atoms with E-state index in [1.165, 1.54) is 0 Å². The third-order valence-corrected chi connectivity index (χ3v) is 3.73. The van der Waals surface area contributed by atoms with Gasteiger partial charge in [0.2, 0.25) is 0 Å². The van der Waals surface area contributed by atoms with Crippen LogP contribution in [0.5, 0.6) is 5.75 Å². The number of carbonyl (C=O) groups is 1. The zero-order valence-corrected chi connectivity index (χ0v) is 15.3. The second kappa shape index (κ2) is 8.80. The van der Waals surface area contributed by atoms with E-state index in [2.05, 4.69) is 20.6 Å². The molecule has 3 aromatic rings. The molecule has 0 radical (unpaired) electrons. The zero-order valence-electron chi connectivity index (χ0n) is 15.3. The second-order valence-electron chi connectivity index (χ2n) is 6.29. The predicted octanol–water partition coefficient (Wildman–Crippen LogP) is 3.94. The summed E-state index contributed by atoms with van der Waals surface area (Å²) < 4.78 is 5.63. The number of nitrogens with one attached hydrogen (secondary N) is 2. The number of benzene rings is 1. The molecule has 27 heavy (non-hydrogen) atoms. The highest BCUT2D eigenvalue weighted by atomic mass is 16.5. The lowest BCUT2D eigenvalue weighted by atomic mass is 10.2. The van der Waals surface area contributed by atoms with Gasteiger partial charge in [-0.15, -0.1) is 0 Å². The van der Waals surface area contributed by atoms with Gasteiger partial charge in [-0.25, -0.2) is 4.98 Å². The van der Waals surface area contributed by atoms with Crippen molar-refractivity contribution in [3.63, 3.8) is 0 Å². The van der Waals surface area contributed by atoms with Crippen molar-refractivity contribution in [2.45, 2.75) is 26.5 Å². The van der Waals surface area contributed by atoms with Gasteiger partial charge in [-0.2, -0.15) is 0 Å². The quantitative estimate of drug-likeness (QED) is 0.666. The molecule has 0 aliphatic rings. The molecule has 2 heterocycles. The molecule has 0 bridgehead atoms. The Hall–Kier alpha value is -3.41. The van der Waals surface area contributed by atoms with Crippen LogP contribution in [0.15, 0.2) is 67.1 Å². The molecule has 0 fully saturated rings. The van der Waals surface area contributed by atoms with Crippen LogP contribution in [0, 0.1) is 0 Å². The van der Waals surface area contributed by atoms with Crippen LogP contribution in [-0.2, 0) is 6.54 Å². The summed E-state index contributed by atoms with van der Waals surface area (Å²) in [5.41, 5.74) is 2.40. The van der Waals surface area contributed by atoms with Crippen molar-refractivity contribution in [1.29, 1.82) is 0 Å². The lowest BCUT2D eigenvalue weighted by Gasteiger charge is -2.11. The molecule has 138 valence electrons. The Morgan fingerprint density at radius 1 is 1.04 bits per heavy atom. The molecule has 0 aliphatic carbocycles. The Morgan fingerprint density at radius 2 is 1.78 bits per heavy atom. The first-order chi connectivity index (χ1) is 13.1. The number of pyridine rings is 2. The van der Waals surface area contributed by atoms with E-state index in [1.807, 2.05) is 50.2 Å². The molecule has 6 heteroatoms. The first-order valence-corrected chi connectivity index (χ1v) is 8.77. The minimum Gasteiger partial charge on any atom is -0.491 e. The predicted molar refractivity (Wildman–Crippen MR) is 105 cm³/mol. The maximum Gasteiger partial charge on any atom is 0.253 e. The second-order valence-corrected chi connectivity index (χ2v) is 6.29. The molecule has 1 aromatic carbocycles. The Kier molecular flexibility index (Phi) is 5.99. The van der Waals surface area contributed by atoms with E-state index in [0.717, 1.165) is 17.0 Å². The van der Waals surface area contributed by atoms with Gasteiger partial charge in [0.1, 0.15) is 11.6 Å². The van der Waals surface area contributed by atoms with Crippen LogP contribution in [-0.4, -0.2) is 22.0 Å². The lowest BCUT2D eigenvalue weighted by Crippen LogP contribution is -2.22. The van der Waals surface area contributed by atoms with Gasteiger partial charge in [-0.1, -0.05) is 0 Å². The number of hydrogen-bond donors (Lipinski definition) is 2. The molecule has 0 atom stereocenters. The normalized spacial score (nSPS) is 10.5. The van der Waals surface area contributed by atoms with Crippen LogP contribution in [0.1, 0.15) is 29.8 Å². The fraction of sp³-hybridized carbons (Fsp3) is 0.190. The standard InChI is InChI=1S/C21H22N4O2/c1-15(2)27-19-6-4-18(5-7-19)25-20-8-3-17(14-23-20)21(26)24-13-16-9-11-22-12-10-16/h3-12,14-15H,13H2,1-2H3,(H,23,25)(H,24,26). The molecule has 0 saturated heterocycles. The van der Waals surface area contributed by atoms with Crippen LogP contribution in [0.25, 0.3) is 0 Å². The Bertz CT molecular complexity index is 863. The molecule has 1 amide bonds. The van der Waals surface area contributed by atoms with Gasteiger partial charge in [-0.3, -0.25) is 9.78 Å². The van der Waals surface area contributed by atoms with Crippen molar-refractivity contribution < 1.29 is 9.53 Å². The fourth-order valence-electron chi connectivity index (χ4n) is 2.42. The summed E-state index contributed by atoms with van der Waals surface area (Å²) in [7, 11) is 0. The Morgan fingerprint density at radius 3 is 2.41 bits per heavy atom. The van der Waals surface area contributed by atoms with E-state index in [-0.39, 0.29) is 12.0 Å². The number of anilines is 2. The molecular formula is C21H22N4O2. The van der Waals surface area contributed by atoms with Gasteiger partial charge in [0.15, 0.2) is 0 Å². The average molecular weight is 362 g/mol. The van der Waals surface area contributed by atoms with Gasteiger partial charge in [-0.05, 0) is 67.9 Å². The van der Waals surface area contributed by atoms with Gasteiger partial charge in [0.25, 0.3) is 5.91 Å². The van der Waals surface area contributed by atoms with E-state index < -0.39 is 0 Å². The molecule has 2 N–H and O–H groups in total. The molecule has 6 nitrogen and oxygen atoms in total. The first kappa shape index (κ1) is 18.4. The third-order valence-electron chi connectivity index (χ3n) is 3.73. The van der Waals surface area contributed by atoms with E-state index >= 15 is 0 Å². The van der Waals surface area contributed by atoms with E-state index in [9.17, 15) is 4.79 Å². The molecular weight excluding hydrogens is 340 g/mol. The van der Waals surface area contributed by atoms with Crippen LogP contribution in [0.3, 0.4) is 0 Å². The summed E-state index contributed by atoms with van der Waals surface area (Å²) in [4.78, 5) is 20.5. The summed E-state index contributed by atoms with van der Waals surface area (Å²) in [5, 5.41) is 6.07. The smallest absolute Gasteiger partial charge is 0.253 e. The molecule has 0 saturated carbocycles. The van der Waals surface area contributed by atoms with Gasteiger partial charge < -0.3 is 15.4 Å². The van der Waals surface area contributed by atoms with Crippen LogP contribution >= 0.6 is 0 Å². The number of hydrogen-bond acceptors (Lipinski definition) is 5. The summed E-state index contributed by atoms with van der Waals surface area (Å²) in [6.07, 6.45) is 5.10. The summed E-state index contributed by atoms with van der Waals surface area (Å²) in [5.74, 6) is 1.32. The SMILES string of the molecule is CC(C)Oc1ccc(Nc2ccc(C(=O)NCc3ccncc3)cn2)cc1. The summed E-state index contributed by atoms with van der Waals surface area (Å²) >= 11 is 0.